The lowest BCUT2D eigenvalue weighted by Crippen LogP contribution is -2.44. The number of nitrogens with zero attached hydrogens (tertiary/aromatic N) is 3. The van der Waals surface area contributed by atoms with Gasteiger partial charge in [-0.15, -0.1) is 0 Å². The molecule has 39 heavy (non-hydrogen) atoms. The van der Waals surface area contributed by atoms with Gasteiger partial charge in [-0.25, -0.2) is 0 Å². The maximum atomic E-state index is 13.4. The molecule has 9 heteroatoms. The second-order valence-electron chi connectivity index (χ2n) is 11.2. The third-order valence-electron chi connectivity index (χ3n) is 8.66. The van der Waals surface area contributed by atoms with Crippen LogP contribution >= 0.6 is 15.9 Å². The Morgan fingerprint density at radius 1 is 1.13 bits per heavy atom. The Hall–Kier alpha value is -3.07. The number of nitrogens with one attached hydrogen (secondary N) is 2. The summed E-state index contributed by atoms with van der Waals surface area (Å²) in [6.45, 7) is 8.99. The lowest BCUT2D eigenvalue weighted by atomic mass is 9.74. The monoisotopic (exact) mass is 593 g/mol. The van der Waals surface area contributed by atoms with Gasteiger partial charge in [0.05, 0.1) is 12.5 Å². The van der Waals surface area contributed by atoms with Gasteiger partial charge in [0.1, 0.15) is 0 Å². The minimum atomic E-state index is -0.230. The fourth-order valence-corrected chi connectivity index (χ4v) is 6.86. The summed E-state index contributed by atoms with van der Waals surface area (Å²) >= 11 is 3.63. The fraction of sp³-hybridized carbons (Fsp3) is 0.500. The van der Waals surface area contributed by atoms with E-state index in [-0.39, 0.29) is 35.8 Å². The van der Waals surface area contributed by atoms with Gasteiger partial charge in [-0.05, 0) is 86.4 Å². The Balaban J connectivity index is 1.30. The first kappa shape index (κ1) is 27.5. The van der Waals surface area contributed by atoms with E-state index in [0.717, 1.165) is 59.2 Å². The smallest absolute Gasteiger partial charge is 0.253 e. The minimum absolute atomic E-state index is 0.0185. The predicted octanol–water partition coefficient (Wildman–Crippen LogP) is 4.17. The van der Waals surface area contributed by atoms with Crippen molar-refractivity contribution in [2.24, 2.45) is 27.7 Å². The Kier molecular flexibility index (Phi) is 8.16. The number of amides is 2. The van der Waals surface area contributed by atoms with E-state index < -0.39 is 0 Å². The number of piperidine rings is 1. The number of rotatable bonds is 5. The van der Waals surface area contributed by atoms with Gasteiger partial charge in [0.25, 0.3) is 11.5 Å². The molecule has 3 atom stereocenters. The first-order chi connectivity index (χ1) is 18.7. The first-order valence-electron chi connectivity index (χ1n) is 13.8. The van der Waals surface area contributed by atoms with E-state index in [0.29, 0.717) is 36.1 Å². The summed E-state index contributed by atoms with van der Waals surface area (Å²) in [6.07, 6.45) is 6.40. The van der Waals surface area contributed by atoms with Crippen molar-refractivity contribution in [1.29, 1.82) is 0 Å². The molecule has 0 bridgehead atoms. The highest BCUT2D eigenvalue weighted by atomic mass is 79.9. The van der Waals surface area contributed by atoms with Crippen LogP contribution < -0.4 is 10.9 Å². The van der Waals surface area contributed by atoms with Crippen molar-refractivity contribution in [1.82, 2.24) is 15.2 Å². The molecule has 0 aliphatic carbocycles. The van der Waals surface area contributed by atoms with Crippen molar-refractivity contribution >= 4 is 40.2 Å². The second-order valence-corrected chi connectivity index (χ2v) is 12.1. The number of carbonyl (C=O) groups excluding carboxylic acids is 2. The van der Waals surface area contributed by atoms with Gasteiger partial charge in [-0.2, -0.15) is 0 Å². The number of hydrogen-bond donors (Lipinski definition) is 2. The van der Waals surface area contributed by atoms with Crippen LogP contribution in [0.25, 0.3) is 0 Å². The second kappa shape index (κ2) is 11.6. The topological polar surface area (TPSA) is 107 Å². The van der Waals surface area contributed by atoms with E-state index in [1.165, 1.54) is 0 Å². The Morgan fingerprint density at radius 3 is 2.59 bits per heavy atom. The van der Waals surface area contributed by atoms with Crippen molar-refractivity contribution in [3.63, 3.8) is 0 Å². The number of halogens is 1. The zero-order chi connectivity index (χ0) is 27.7. The van der Waals surface area contributed by atoms with Gasteiger partial charge in [0.15, 0.2) is 0 Å². The van der Waals surface area contributed by atoms with Gasteiger partial charge < -0.3 is 15.2 Å². The van der Waals surface area contributed by atoms with Crippen LogP contribution in [0.5, 0.6) is 0 Å². The summed E-state index contributed by atoms with van der Waals surface area (Å²) in [4.78, 5) is 52.6. The number of carbonyl (C=O) groups is 2. The summed E-state index contributed by atoms with van der Waals surface area (Å²) in [5.74, 6) is 1.01. The van der Waals surface area contributed by atoms with Crippen LogP contribution in [-0.2, 0) is 11.3 Å². The molecule has 3 aliphatic heterocycles. The molecular formula is C30H36BrN5O3. The van der Waals surface area contributed by atoms with Crippen LogP contribution in [0.3, 0.4) is 0 Å². The molecule has 5 rings (SSSR count). The Morgan fingerprint density at radius 2 is 1.90 bits per heavy atom. The number of aromatic nitrogens is 1. The van der Waals surface area contributed by atoms with Gasteiger partial charge in [-0.1, -0.05) is 22.9 Å². The zero-order valence-corrected chi connectivity index (χ0v) is 24.4. The summed E-state index contributed by atoms with van der Waals surface area (Å²) in [7, 11) is 0. The molecule has 1 aromatic heterocycles. The largest absolute Gasteiger partial charge is 0.348 e. The number of fused-ring (bicyclic) bond motifs is 1. The molecule has 8 nitrogen and oxygen atoms in total. The van der Waals surface area contributed by atoms with Gasteiger partial charge >= 0.3 is 0 Å². The van der Waals surface area contributed by atoms with E-state index in [1.54, 1.807) is 0 Å². The summed E-state index contributed by atoms with van der Waals surface area (Å²) in [6, 6.07) is 5.84. The Bertz CT molecular complexity index is 1380. The molecule has 2 N–H and O–H groups in total. The standard InChI is InChI=1S/C30H36BrN5O3/c1-17-10-18(2)35-29(38)25(17)16-34-28(37)24-12-22(31)11-23-19(3)26(14-33-15-27(23)24)20-5-8-36(9-6-20)30(39)21-4-7-32-13-21/h7,10-12,15,19-21,26H,4-6,8-9,13-14,16H2,1-3H3,(H,34,37)(H,35,38). The minimum Gasteiger partial charge on any atom is -0.348 e. The lowest BCUT2D eigenvalue weighted by molar-refractivity contribution is -0.136. The van der Waals surface area contributed by atoms with Crippen LogP contribution in [0.15, 0.2) is 37.5 Å². The van der Waals surface area contributed by atoms with Gasteiger partial charge in [0.2, 0.25) is 5.91 Å². The molecule has 4 heterocycles. The van der Waals surface area contributed by atoms with E-state index in [2.05, 4.69) is 44.2 Å². The lowest BCUT2D eigenvalue weighted by Gasteiger charge is -2.38. The van der Waals surface area contributed by atoms with E-state index in [4.69, 9.17) is 4.99 Å². The molecule has 0 radical (unpaired) electrons. The predicted molar refractivity (Wildman–Crippen MR) is 157 cm³/mol. The van der Waals surface area contributed by atoms with Crippen molar-refractivity contribution in [3.05, 3.63) is 66.5 Å². The zero-order valence-electron chi connectivity index (χ0n) is 22.8. The van der Waals surface area contributed by atoms with Crippen molar-refractivity contribution < 1.29 is 9.59 Å². The molecule has 0 saturated carbocycles. The highest BCUT2D eigenvalue weighted by molar-refractivity contribution is 9.10. The van der Waals surface area contributed by atoms with Crippen LogP contribution in [0.4, 0.5) is 0 Å². The van der Waals surface area contributed by atoms with Gasteiger partial charge in [-0.3, -0.25) is 24.4 Å². The molecule has 2 amide bonds. The number of hydrogen-bond acceptors (Lipinski definition) is 5. The molecule has 206 valence electrons. The van der Waals surface area contributed by atoms with Crippen molar-refractivity contribution in [3.8, 4) is 0 Å². The van der Waals surface area contributed by atoms with Crippen LogP contribution in [0.1, 0.15) is 70.4 Å². The highest BCUT2D eigenvalue weighted by Crippen LogP contribution is 2.40. The molecule has 0 spiro atoms. The number of benzene rings is 1. The maximum Gasteiger partial charge on any atom is 0.253 e. The fourth-order valence-electron chi connectivity index (χ4n) is 6.39. The molecule has 1 aromatic carbocycles. The normalized spacial score (nSPS) is 23.0. The number of aromatic amines is 1. The third-order valence-corrected chi connectivity index (χ3v) is 9.12. The summed E-state index contributed by atoms with van der Waals surface area (Å²) in [5, 5.41) is 2.95. The average molecular weight is 595 g/mol. The maximum absolute atomic E-state index is 13.4. The molecule has 2 aromatic rings. The highest BCUT2D eigenvalue weighted by Gasteiger charge is 2.36. The number of aliphatic imine (C=N–C) groups is 2. The molecule has 3 unspecified atom stereocenters. The number of pyridine rings is 1. The molecular weight excluding hydrogens is 558 g/mol. The Labute approximate surface area is 237 Å². The quantitative estimate of drug-likeness (QED) is 0.543. The number of likely N-dealkylation sites (tertiary alicyclic amines) is 1. The van der Waals surface area contributed by atoms with Crippen LogP contribution in [-0.4, -0.2) is 60.3 Å². The van der Waals surface area contributed by atoms with E-state index in [9.17, 15) is 14.4 Å². The van der Waals surface area contributed by atoms with Gasteiger partial charge in [0, 0.05) is 59.3 Å². The molecule has 1 fully saturated rings. The number of H-pyrrole nitrogens is 1. The van der Waals surface area contributed by atoms with Crippen molar-refractivity contribution in [2.75, 3.05) is 26.2 Å². The summed E-state index contributed by atoms with van der Waals surface area (Å²) < 4.78 is 0.843. The number of aryl methyl sites for hydroxylation is 2. The summed E-state index contributed by atoms with van der Waals surface area (Å²) in [5.41, 5.74) is 4.53. The SMILES string of the molecule is Cc1cc(C)c(CNC(=O)c2cc(Br)cc3c2C=NCC(C2CCN(C(=O)C4CC=NC4)CC2)C3C)c(=O)[nH]1. The van der Waals surface area contributed by atoms with Crippen LogP contribution in [0, 0.1) is 31.6 Å². The van der Waals surface area contributed by atoms with E-state index in [1.807, 2.05) is 43.3 Å². The average Bonchev–Trinajstić information content (AvgIpc) is 3.40. The first-order valence-corrected chi connectivity index (χ1v) is 14.6. The van der Waals surface area contributed by atoms with Crippen molar-refractivity contribution in [2.45, 2.75) is 52.5 Å². The molecule has 1 saturated heterocycles. The molecule has 3 aliphatic rings. The van der Waals surface area contributed by atoms with E-state index >= 15 is 0 Å². The third kappa shape index (κ3) is 5.78. The van der Waals surface area contributed by atoms with Crippen LogP contribution in [0.2, 0.25) is 0 Å².